The Balaban J connectivity index is 1.53. The highest BCUT2D eigenvalue weighted by molar-refractivity contribution is 5.86. The highest BCUT2D eigenvalue weighted by Crippen LogP contribution is 2.24. The van der Waals surface area contributed by atoms with E-state index in [-0.39, 0.29) is 12.0 Å². The van der Waals surface area contributed by atoms with Crippen molar-refractivity contribution in [2.45, 2.75) is 33.4 Å². The third-order valence-corrected chi connectivity index (χ3v) is 5.11. The molecule has 0 aromatic heterocycles. The number of carbonyl (C=O) groups is 1. The van der Waals surface area contributed by atoms with Gasteiger partial charge >= 0.3 is 5.97 Å². The molecule has 0 spiro atoms. The number of hydrogen-bond acceptors (Lipinski definition) is 3. The number of ether oxygens (including phenoxy) is 1. The first kappa shape index (κ1) is 20.8. The largest absolute Gasteiger partial charge is 0.460 e. The van der Waals surface area contributed by atoms with Gasteiger partial charge in [0.1, 0.15) is 6.61 Å². The summed E-state index contributed by atoms with van der Waals surface area (Å²) in [6, 6.07) is 24.8. The van der Waals surface area contributed by atoms with Crippen molar-refractivity contribution in [1.29, 1.82) is 0 Å². The fourth-order valence-electron chi connectivity index (χ4n) is 3.31. The molecule has 3 aromatic rings. The molecule has 3 heteroatoms. The van der Waals surface area contributed by atoms with Crippen LogP contribution in [0.1, 0.15) is 37.9 Å². The van der Waals surface area contributed by atoms with Gasteiger partial charge in [0.25, 0.3) is 0 Å². The second kappa shape index (κ2) is 9.53. The second-order valence-electron chi connectivity index (χ2n) is 7.88. The molecule has 3 rings (SSSR count). The van der Waals surface area contributed by atoms with Gasteiger partial charge in [-0.05, 0) is 42.7 Å². The van der Waals surface area contributed by atoms with Crippen molar-refractivity contribution >= 4 is 16.7 Å². The van der Waals surface area contributed by atoms with Gasteiger partial charge in [0.15, 0.2) is 0 Å². The first-order valence-corrected chi connectivity index (χ1v) is 10.1. The molecular formula is C26H29NO2. The average Bonchev–Trinajstić information content (AvgIpc) is 2.75. The smallest absolute Gasteiger partial charge is 0.315 e. The molecule has 0 aliphatic rings. The fraction of sp³-hybridized carbons (Fsp3) is 0.269. The number of esters is 1. The first-order valence-electron chi connectivity index (χ1n) is 10.1. The molecule has 0 aliphatic carbocycles. The molecule has 1 N–H and O–H groups in total. The van der Waals surface area contributed by atoms with Crippen LogP contribution < -0.4 is 5.32 Å². The monoisotopic (exact) mass is 387 g/mol. The van der Waals surface area contributed by atoms with Crippen molar-refractivity contribution in [3.8, 4) is 0 Å². The molecule has 1 atom stereocenters. The second-order valence-corrected chi connectivity index (χ2v) is 7.88. The molecule has 3 nitrogen and oxygen atoms in total. The quantitative estimate of drug-likeness (QED) is 0.391. The molecule has 0 amide bonds. The lowest BCUT2D eigenvalue weighted by Gasteiger charge is -2.19. The van der Waals surface area contributed by atoms with Gasteiger partial charge in [-0.3, -0.25) is 4.79 Å². The number of rotatable bonds is 8. The molecule has 0 aliphatic heterocycles. The maximum Gasteiger partial charge on any atom is 0.315 e. The number of hydrogen-bond donors (Lipinski definition) is 1. The Kier molecular flexibility index (Phi) is 6.84. The summed E-state index contributed by atoms with van der Waals surface area (Å²) in [5.41, 5.74) is 1.60. The first-order chi connectivity index (χ1) is 14.0. The minimum atomic E-state index is -0.668. The van der Waals surface area contributed by atoms with Crippen LogP contribution in [0.25, 0.3) is 10.8 Å². The average molecular weight is 388 g/mol. The zero-order valence-corrected chi connectivity index (χ0v) is 17.4. The predicted molar refractivity (Wildman–Crippen MR) is 120 cm³/mol. The van der Waals surface area contributed by atoms with E-state index >= 15 is 0 Å². The molecule has 0 bridgehead atoms. The van der Waals surface area contributed by atoms with Gasteiger partial charge in [-0.15, -0.1) is 0 Å². The molecular weight excluding hydrogens is 358 g/mol. The van der Waals surface area contributed by atoms with Gasteiger partial charge < -0.3 is 10.1 Å². The van der Waals surface area contributed by atoms with Crippen molar-refractivity contribution < 1.29 is 9.53 Å². The van der Waals surface area contributed by atoms with Gasteiger partial charge in [-0.2, -0.15) is 0 Å². The van der Waals surface area contributed by atoms with Crippen LogP contribution in [0, 0.1) is 5.41 Å². The molecule has 0 heterocycles. The molecule has 0 fully saturated rings. The van der Waals surface area contributed by atoms with Gasteiger partial charge in [0.05, 0.1) is 5.41 Å². The lowest BCUT2D eigenvalue weighted by atomic mass is 9.93. The Hall–Kier alpha value is -2.91. The minimum Gasteiger partial charge on any atom is -0.460 e. The van der Waals surface area contributed by atoms with Crippen molar-refractivity contribution in [2.75, 3.05) is 6.54 Å². The van der Waals surface area contributed by atoms with Crippen molar-refractivity contribution in [2.24, 2.45) is 5.41 Å². The Morgan fingerprint density at radius 3 is 2.48 bits per heavy atom. The summed E-state index contributed by atoms with van der Waals surface area (Å²) in [5.74, 6) is -0.222. The molecule has 0 saturated carbocycles. The van der Waals surface area contributed by atoms with Gasteiger partial charge in [-0.1, -0.05) is 84.9 Å². The Bertz CT molecular complexity index is 971. The van der Waals surface area contributed by atoms with E-state index in [4.69, 9.17) is 4.74 Å². The van der Waals surface area contributed by atoms with Crippen molar-refractivity contribution in [3.63, 3.8) is 0 Å². The molecule has 0 saturated heterocycles. The number of nitrogens with one attached hydrogen (secondary N) is 1. The van der Waals surface area contributed by atoms with E-state index in [1.807, 2.05) is 56.3 Å². The third kappa shape index (κ3) is 5.55. The Labute approximate surface area is 173 Å². The molecule has 150 valence electrons. The van der Waals surface area contributed by atoms with Crippen molar-refractivity contribution in [1.82, 2.24) is 5.32 Å². The van der Waals surface area contributed by atoms with Crippen LogP contribution in [0.5, 0.6) is 0 Å². The van der Waals surface area contributed by atoms with E-state index < -0.39 is 5.41 Å². The topological polar surface area (TPSA) is 38.3 Å². The van der Waals surface area contributed by atoms with Crippen LogP contribution in [0.3, 0.4) is 0 Å². The molecule has 0 unspecified atom stereocenters. The fourth-order valence-corrected chi connectivity index (χ4v) is 3.31. The standard InChI is InChI=1S/C26H29NO2/c1-20(23-16-9-14-22-13-7-8-15-24(22)23)27-18-10-17-26(2,3)25(28)29-19-21-11-5-4-6-12-21/h4-17,20,27H,18-19H2,1-3H3/b17-10+/t20-/m1/s1. The third-order valence-electron chi connectivity index (χ3n) is 5.11. The normalized spacial score (nSPS) is 12.9. The summed E-state index contributed by atoms with van der Waals surface area (Å²) < 4.78 is 5.48. The van der Waals surface area contributed by atoms with Crippen LogP contribution in [0.15, 0.2) is 84.9 Å². The minimum absolute atomic E-state index is 0.207. The summed E-state index contributed by atoms with van der Waals surface area (Å²) in [4.78, 5) is 12.4. The summed E-state index contributed by atoms with van der Waals surface area (Å²) in [7, 11) is 0. The highest BCUT2D eigenvalue weighted by atomic mass is 16.5. The zero-order valence-electron chi connectivity index (χ0n) is 17.4. The molecule has 29 heavy (non-hydrogen) atoms. The Morgan fingerprint density at radius 1 is 1.00 bits per heavy atom. The van der Waals surface area contributed by atoms with Gasteiger partial charge in [0.2, 0.25) is 0 Å². The van der Waals surface area contributed by atoms with Crippen LogP contribution >= 0.6 is 0 Å². The lowest BCUT2D eigenvalue weighted by Crippen LogP contribution is -2.25. The number of carbonyl (C=O) groups excluding carboxylic acids is 1. The molecule has 3 aromatic carbocycles. The number of fused-ring (bicyclic) bond motifs is 1. The van der Waals surface area contributed by atoms with E-state index in [1.54, 1.807) is 0 Å². The summed E-state index contributed by atoms with van der Waals surface area (Å²) >= 11 is 0. The van der Waals surface area contributed by atoms with Gasteiger partial charge in [0, 0.05) is 12.6 Å². The predicted octanol–water partition coefficient (Wildman–Crippen LogP) is 5.82. The lowest BCUT2D eigenvalue weighted by molar-refractivity contribution is -0.152. The van der Waals surface area contributed by atoms with E-state index in [9.17, 15) is 4.79 Å². The highest BCUT2D eigenvalue weighted by Gasteiger charge is 2.26. The van der Waals surface area contributed by atoms with Gasteiger partial charge in [-0.25, -0.2) is 0 Å². The van der Waals surface area contributed by atoms with Crippen LogP contribution in [-0.4, -0.2) is 12.5 Å². The number of benzene rings is 3. The maximum absolute atomic E-state index is 12.4. The summed E-state index contributed by atoms with van der Waals surface area (Å²) in [6.07, 6.45) is 3.93. The Morgan fingerprint density at radius 2 is 1.69 bits per heavy atom. The maximum atomic E-state index is 12.4. The van der Waals surface area contributed by atoms with E-state index in [2.05, 4.69) is 54.7 Å². The van der Waals surface area contributed by atoms with Crippen LogP contribution in [-0.2, 0) is 16.1 Å². The SMILES string of the molecule is C[C@@H](NC/C=C/C(C)(C)C(=O)OCc1ccccc1)c1cccc2ccccc12. The van der Waals surface area contributed by atoms with Crippen LogP contribution in [0.4, 0.5) is 0 Å². The van der Waals surface area contributed by atoms with E-state index in [1.165, 1.54) is 16.3 Å². The van der Waals surface area contributed by atoms with Crippen LogP contribution in [0.2, 0.25) is 0 Å². The van der Waals surface area contributed by atoms with Crippen molar-refractivity contribution in [3.05, 3.63) is 96.1 Å². The summed E-state index contributed by atoms with van der Waals surface area (Å²) in [6.45, 7) is 6.90. The molecule has 0 radical (unpaired) electrons. The van der Waals surface area contributed by atoms with E-state index in [0.29, 0.717) is 13.2 Å². The van der Waals surface area contributed by atoms with E-state index in [0.717, 1.165) is 5.56 Å². The summed E-state index contributed by atoms with van der Waals surface area (Å²) in [5, 5.41) is 6.04. The zero-order chi connectivity index (χ0) is 20.7.